The monoisotopic (exact) mass is 495 g/mol. The van der Waals surface area contributed by atoms with E-state index in [0.717, 1.165) is 41.0 Å². The van der Waals surface area contributed by atoms with Crippen molar-refractivity contribution in [3.05, 3.63) is 119 Å². The van der Waals surface area contributed by atoms with Gasteiger partial charge in [-0.3, -0.25) is 14.5 Å². The maximum Gasteiger partial charge on any atom is 0.254 e. The molecule has 3 aromatic carbocycles. The minimum Gasteiger partial charge on any atom is -0.326 e. The second-order valence-corrected chi connectivity index (χ2v) is 9.93. The van der Waals surface area contributed by atoms with Gasteiger partial charge in [-0.1, -0.05) is 54.1 Å². The van der Waals surface area contributed by atoms with Crippen molar-refractivity contribution in [2.75, 3.05) is 11.4 Å². The minimum atomic E-state index is -0.365. The Hall–Kier alpha value is -3.83. The average molecular weight is 496 g/mol. The molecule has 0 spiro atoms. The normalized spacial score (nSPS) is 16.3. The smallest absolute Gasteiger partial charge is 0.254 e. The zero-order chi connectivity index (χ0) is 24.8. The third-order valence-electron chi connectivity index (χ3n) is 7.08. The van der Waals surface area contributed by atoms with Crippen molar-refractivity contribution < 1.29 is 9.59 Å². The van der Waals surface area contributed by atoms with Crippen LogP contribution in [0.3, 0.4) is 0 Å². The highest BCUT2D eigenvalue weighted by Crippen LogP contribution is 2.43. The summed E-state index contributed by atoms with van der Waals surface area (Å²) in [6.45, 7) is 1.95. The quantitative estimate of drug-likeness (QED) is 0.332. The fraction of sp³-hybridized carbons (Fsp3) is 0.200. The number of nitrogens with zero attached hydrogens (tertiary/aromatic N) is 3. The Kier molecular flexibility index (Phi) is 5.65. The zero-order valence-electron chi connectivity index (χ0n) is 20.0. The van der Waals surface area contributed by atoms with Crippen LogP contribution in [0.15, 0.2) is 91.1 Å². The van der Waals surface area contributed by atoms with Gasteiger partial charge in [0.2, 0.25) is 5.91 Å². The highest BCUT2D eigenvalue weighted by molar-refractivity contribution is 6.30. The van der Waals surface area contributed by atoms with Crippen LogP contribution in [0.4, 0.5) is 5.69 Å². The number of benzene rings is 3. The minimum absolute atomic E-state index is 0.0178. The number of rotatable bonds is 5. The highest BCUT2D eigenvalue weighted by atomic mass is 35.5. The molecule has 0 bridgehead atoms. The predicted molar refractivity (Wildman–Crippen MR) is 142 cm³/mol. The van der Waals surface area contributed by atoms with Gasteiger partial charge in [-0.25, -0.2) is 0 Å². The number of carbonyl (C=O) groups is 2. The molecule has 4 aromatic rings. The lowest BCUT2D eigenvalue weighted by Gasteiger charge is -2.39. The first kappa shape index (κ1) is 22.6. The lowest BCUT2D eigenvalue weighted by atomic mass is 9.97. The van der Waals surface area contributed by atoms with Crippen molar-refractivity contribution in [3.8, 4) is 5.69 Å². The summed E-state index contributed by atoms with van der Waals surface area (Å²) < 4.78 is 2.13. The first-order valence-corrected chi connectivity index (χ1v) is 12.6. The van der Waals surface area contributed by atoms with Crippen molar-refractivity contribution >= 4 is 29.1 Å². The Labute approximate surface area is 215 Å². The molecule has 180 valence electrons. The van der Waals surface area contributed by atoms with Gasteiger partial charge in [0.25, 0.3) is 5.91 Å². The summed E-state index contributed by atoms with van der Waals surface area (Å²) in [7, 11) is 0. The summed E-state index contributed by atoms with van der Waals surface area (Å²) in [5.41, 5.74) is 5.22. The number of carbonyl (C=O) groups excluding carboxylic acids is 2. The third-order valence-corrected chi connectivity index (χ3v) is 7.32. The number of hydrogen-bond acceptors (Lipinski definition) is 2. The van der Waals surface area contributed by atoms with Gasteiger partial charge in [-0.05, 0) is 73.4 Å². The summed E-state index contributed by atoms with van der Waals surface area (Å²) in [6.07, 6.45) is 3.86. The molecule has 1 fully saturated rings. The molecular weight excluding hydrogens is 470 g/mol. The second kappa shape index (κ2) is 8.99. The van der Waals surface area contributed by atoms with Gasteiger partial charge in [-0.2, -0.15) is 0 Å². The van der Waals surface area contributed by atoms with Crippen molar-refractivity contribution in [3.63, 3.8) is 0 Å². The Balaban J connectivity index is 1.42. The molecule has 0 N–H and O–H groups in total. The van der Waals surface area contributed by atoms with E-state index in [1.54, 1.807) is 4.90 Å². The fourth-order valence-electron chi connectivity index (χ4n) is 5.20. The molecule has 1 aliphatic carbocycles. The van der Waals surface area contributed by atoms with Crippen LogP contribution in [0.25, 0.3) is 5.69 Å². The third kappa shape index (κ3) is 3.90. The first-order valence-electron chi connectivity index (χ1n) is 12.2. The number of hydrogen-bond donors (Lipinski definition) is 0. The maximum atomic E-state index is 14.2. The van der Waals surface area contributed by atoms with Crippen LogP contribution in [-0.4, -0.2) is 33.9 Å². The Morgan fingerprint density at radius 1 is 0.917 bits per heavy atom. The van der Waals surface area contributed by atoms with E-state index in [0.29, 0.717) is 10.6 Å². The molecule has 0 saturated heterocycles. The molecule has 6 rings (SSSR count). The molecule has 1 aromatic heterocycles. The van der Waals surface area contributed by atoms with Gasteiger partial charge >= 0.3 is 0 Å². The van der Waals surface area contributed by atoms with Gasteiger partial charge in [0.15, 0.2) is 0 Å². The fourth-order valence-corrected chi connectivity index (χ4v) is 5.40. The Morgan fingerprint density at radius 3 is 2.42 bits per heavy atom. The molecule has 6 heteroatoms. The summed E-state index contributed by atoms with van der Waals surface area (Å²) in [6, 6.07) is 26.9. The standard InChI is InChI=1S/C30H26ClN3O2/c1-20-8-2-3-11-24(20)30(36)33(23-15-16-23)19-28(35)34-26-13-5-4-12-25(26)32-17-7-14-27(32)29(34)21-9-6-10-22(31)18-21/h2-14,17-18,23,29H,15-16,19H2,1H3. The van der Waals surface area contributed by atoms with Crippen molar-refractivity contribution in [1.82, 2.24) is 9.47 Å². The van der Waals surface area contributed by atoms with Crippen LogP contribution in [0.2, 0.25) is 5.02 Å². The van der Waals surface area contributed by atoms with Crippen LogP contribution < -0.4 is 4.90 Å². The SMILES string of the molecule is Cc1ccccc1C(=O)N(CC(=O)N1c2ccccc2-n2cccc2C1c1cccc(Cl)c1)C1CC1. The summed E-state index contributed by atoms with van der Waals surface area (Å²) >= 11 is 6.39. The predicted octanol–water partition coefficient (Wildman–Crippen LogP) is 6.18. The number of anilines is 1. The molecule has 1 unspecified atom stereocenters. The van der Waals surface area contributed by atoms with E-state index in [2.05, 4.69) is 4.57 Å². The van der Waals surface area contributed by atoms with Crippen molar-refractivity contribution in [2.24, 2.45) is 0 Å². The number of aromatic nitrogens is 1. The van der Waals surface area contributed by atoms with Gasteiger partial charge in [0.05, 0.1) is 17.1 Å². The molecule has 1 saturated carbocycles. The van der Waals surface area contributed by atoms with Gasteiger partial charge in [-0.15, -0.1) is 0 Å². The second-order valence-electron chi connectivity index (χ2n) is 9.49. The summed E-state index contributed by atoms with van der Waals surface area (Å²) in [5, 5.41) is 0.617. The van der Waals surface area contributed by atoms with Gasteiger partial charge in [0, 0.05) is 22.8 Å². The van der Waals surface area contributed by atoms with E-state index >= 15 is 0 Å². The maximum absolute atomic E-state index is 14.2. The van der Waals surface area contributed by atoms with Gasteiger partial charge in [0.1, 0.15) is 12.6 Å². The number of fused-ring (bicyclic) bond motifs is 3. The van der Waals surface area contributed by atoms with Crippen LogP contribution >= 0.6 is 11.6 Å². The van der Waals surface area contributed by atoms with Crippen LogP contribution in [-0.2, 0) is 4.79 Å². The van der Waals surface area contributed by atoms with Crippen molar-refractivity contribution in [1.29, 1.82) is 0 Å². The summed E-state index contributed by atoms with van der Waals surface area (Å²) in [5.74, 6) is -0.203. The lowest BCUT2D eigenvalue weighted by molar-refractivity contribution is -0.119. The van der Waals surface area contributed by atoms with E-state index in [1.165, 1.54) is 0 Å². The molecule has 0 radical (unpaired) electrons. The zero-order valence-corrected chi connectivity index (χ0v) is 20.7. The molecule has 1 atom stereocenters. The summed E-state index contributed by atoms with van der Waals surface area (Å²) in [4.78, 5) is 31.4. The van der Waals surface area contributed by atoms with E-state index < -0.39 is 0 Å². The molecule has 1 aliphatic heterocycles. The number of amides is 2. The molecule has 2 heterocycles. The van der Waals surface area contributed by atoms with Gasteiger partial charge < -0.3 is 9.47 Å². The Morgan fingerprint density at radius 2 is 1.67 bits per heavy atom. The van der Waals surface area contributed by atoms with E-state index in [9.17, 15) is 9.59 Å². The Bertz CT molecular complexity index is 1470. The van der Waals surface area contributed by atoms with E-state index in [-0.39, 0.29) is 30.4 Å². The molecule has 2 aliphatic rings. The first-order chi connectivity index (χ1) is 17.5. The molecule has 5 nitrogen and oxygen atoms in total. The van der Waals surface area contributed by atoms with Crippen LogP contribution in [0.1, 0.15) is 46.1 Å². The number of halogens is 1. The van der Waals surface area contributed by atoms with E-state index in [4.69, 9.17) is 11.6 Å². The number of para-hydroxylation sites is 2. The van der Waals surface area contributed by atoms with Crippen LogP contribution in [0.5, 0.6) is 0 Å². The highest BCUT2D eigenvalue weighted by Gasteiger charge is 2.40. The topological polar surface area (TPSA) is 45.6 Å². The van der Waals surface area contributed by atoms with Crippen LogP contribution in [0, 0.1) is 6.92 Å². The van der Waals surface area contributed by atoms with Crippen molar-refractivity contribution in [2.45, 2.75) is 31.8 Å². The largest absolute Gasteiger partial charge is 0.326 e. The average Bonchev–Trinajstić information content (AvgIpc) is 3.61. The van der Waals surface area contributed by atoms with E-state index in [1.807, 2.05) is 103 Å². The molecule has 2 amide bonds. The molecule has 36 heavy (non-hydrogen) atoms. The lowest BCUT2D eigenvalue weighted by Crippen LogP contribution is -2.47. The molecular formula is C30H26ClN3O2. The number of aryl methyl sites for hydroxylation is 1.